The normalized spacial score (nSPS) is 17.8. The first-order valence-electron chi connectivity index (χ1n) is 17.3. The molecule has 1 aliphatic carbocycles. The van der Waals surface area contributed by atoms with Gasteiger partial charge in [0.15, 0.2) is 0 Å². The number of carboxylic acids is 1. The fourth-order valence-corrected chi connectivity index (χ4v) is 6.61. The van der Waals surface area contributed by atoms with Gasteiger partial charge in [-0.25, -0.2) is 0 Å². The van der Waals surface area contributed by atoms with Crippen molar-refractivity contribution in [3.63, 3.8) is 0 Å². The largest absolute Gasteiger partial charge is 0.481 e. The van der Waals surface area contributed by atoms with Crippen LogP contribution < -0.4 is 9.47 Å². The summed E-state index contributed by atoms with van der Waals surface area (Å²) in [4.78, 5) is 57.6. The molecule has 1 N–H and O–H groups in total. The van der Waals surface area contributed by atoms with E-state index >= 15 is 0 Å². The van der Waals surface area contributed by atoms with Gasteiger partial charge in [0.1, 0.15) is 23.0 Å². The molecule has 1 aliphatic rings. The Hall–Kier alpha value is -5.64. The maximum atomic E-state index is 14.4. The van der Waals surface area contributed by atoms with Crippen LogP contribution in [-0.2, 0) is 37.0 Å². The average Bonchev–Trinajstić information content (AvgIpc) is 3.13. The molecule has 266 valence electrons. The van der Waals surface area contributed by atoms with Gasteiger partial charge < -0.3 is 29.1 Å². The summed E-state index contributed by atoms with van der Waals surface area (Å²) in [6.07, 6.45) is 1.22. The zero-order valence-electron chi connectivity index (χ0n) is 29.1. The van der Waals surface area contributed by atoms with Crippen molar-refractivity contribution in [3.05, 3.63) is 120 Å². The third-order valence-corrected chi connectivity index (χ3v) is 9.04. The van der Waals surface area contributed by atoms with Crippen molar-refractivity contribution in [1.82, 2.24) is 9.80 Å². The molecule has 4 atom stereocenters. The summed E-state index contributed by atoms with van der Waals surface area (Å²) in [6, 6.07) is 33.4. The first-order chi connectivity index (χ1) is 24.7. The minimum Gasteiger partial charge on any atom is -0.481 e. The molecule has 0 saturated heterocycles. The maximum Gasteiger partial charge on any atom is 0.310 e. The van der Waals surface area contributed by atoms with E-state index in [4.69, 9.17) is 14.2 Å². The molecule has 0 bridgehead atoms. The highest BCUT2D eigenvalue weighted by Gasteiger charge is 2.65. The van der Waals surface area contributed by atoms with Gasteiger partial charge in [0.25, 0.3) is 0 Å². The predicted molar refractivity (Wildman–Crippen MR) is 191 cm³/mol. The van der Waals surface area contributed by atoms with Crippen molar-refractivity contribution < 1.29 is 38.5 Å². The van der Waals surface area contributed by atoms with Crippen molar-refractivity contribution in [1.29, 1.82) is 0 Å². The van der Waals surface area contributed by atoms with Crippen LogP contribution in [0.3, 0.4) is 0 Å². The lowest BCUT2D eigenvalue weighted by molar-refractivity contribution is -0.189. The Morgan fingerprint density at radius 2 is 0.922 bits per heavy atom. The summed E-state index contributed by atoms with van der Waals surface area (Å²) in [7, 11) is 1.16. The van der Waals surface area contributed by atoms with E-state index in [9.17, 15) is 24.3 Å². The van der Waals surface area contributed by atoms with Crippen LogP contribution in [0.4, 0.5) is 0 Å². The molecule has 4 aromatic carbocycles. The van der Waals surface area contributed by atoms with Crippen molar-refractivity contribution in [3.8, 4) is 23.0 Å². The number of carboxylic acid groups (broad SMARTS) is 1. The monoisotopic (exact) mass is 692 g/mol. The smallest absolute Gasteiger partial charge is 0.310 e. The molecule has 0 aromatic heterocycles. The van der Waals surface area contributed by atoms with Crippen molar-refractivity contribution in [2.75, 3.05) is 20.2 Å². The number of amides is 2. The number of carbonyl (C=O) groups is 4. The third-order valence-electron chi connectivity index (χ3n) is 9.04. The van der Waals surface area contributed by atoms with Crippen LogP contribution in [0.15, 0.2) is 109 Å². The number of nitrogens with zero attached hydrogens (tertiary/aromatic N) is 2. The van der Waals surface area contributed by atoms with Gasteiger partial charge >= 0.3 is 11.9 Å². The predicted octanol–water partition coefficient (Wildman–Crippen LogP) is 7.18. The van der Waals surface area contributed by atoms with Gasteiger partial charge in [-0.05, 0) is 72.5 Å². The number of rotatable bonds is 16. The SMILES string of the molecule is CCCN(Cc1ccc(Oc2ccccc2)cc1)C(=O)[C@H]1[C@@H](C(=O)O)[C@@H](C(=O)OC)[C@@H]1C(=O)N(CCC)Cc1ccc(Oc2ccccc2)cc1. The summed E-state index contributed by atoms with van der Waals surface area (Å²) in [5, 5.41) is 10.3. The maximum absolute atomic E-state index is 14.4. The average molecular weight is 693 g/mol. The number of hydrogen-bond acceptors (Lipinski definition) is 7. The molecule has 1 fully saturated rings. The van der Waals surface area contributed by atoms with Gasteiger partial charge in [-0.3, -0.25) is 19.2 Å². The summed E-state index contributed by atoms with van der Waals surface area (Å²) in [6.45, 7) is 4.94. The van der Waals surface area contributed by atoms with Gasteiger partial charge in [0.05, 0.1) is 30.8 Å². The summed E-state index contributed by atoms with van der Waals surface area (Å²) >= 11 is 0. The molecule has 0 unspecified atom stereocenters. The van der Waals surface area contributed by atoms with Crippen LogP contribution in [0, 0.1) is 23.7 Å². The first kappa shape index (κ1) is 36.6. The Morgan fingerprint density at radius 1 is 0.549 bits per heavy atom. The lowest BCUT2D eigenvalue weighted by Crippen LogP contribution is -2.64. The molecule has 0 radical (unpaired) electrons. The van der Waals surface area contributed by atoms with E-state index < -0.39 is 47.4 Å². The lowest BCUT2D eigenvalue weighted by atomic mass is 9.55. The van der Waals surface area contributed by atoms with Crippen molar-refractivity contribution in [2.24, 2.45) is 23.7 Å². The van der Waals surface area contributed by atoms with Crippen LogP contribution in [0.25, 0.3) is 0 Å². The fraction of sp³-hybridized carbons (Fsp3) is 0.317. The number of para-hydroxylation sites is 2. The van der Waals surface area contributed by atoms with E-state index in [0.29, 0.717) is 48.9 Å². The highest BCUT2D eigenvalue weighted by Crippen LogP contribution is 2.49. The highest BCUT2D eigenvalue weighted by atomic mass is 16.5. The van der Waals surface area contributed by atoms with Gasteiger partial charge in [-0.15, -0.1) is 0 Å². The van der Waals surface area contributed by atoms with Crippen LogP contribution in [0.1, 0.15) is 37.8 Å². The Kier molecular flexibility index (Phi) is 12.5. The van der Waals surface area contributed by atoms with E-state index in [0.717, 1.165) is 18.2 Å². The molecule has 2 amide bonds. The number of ether oxygens (including phenoxy) is 3. The van der Waals surface area contributed by atoms with Gasteiger partial charge in [-0.2, -0.15) is 0 Å². The summed E-state index contributed by atoms with van der Waals surface area (Å²) in [5.74, 6) is -5.56. The molecule has 51 heavy (non-hydrogen) atoms. The van der Waals surface area contributed by atoms with E-state index in [2.05, 4.69) is 0 Å². The molecule has 1 saturated carbocycles. The number of esters is 1. The molecule has 0 spiro atoms. The lowest BCUT2D eigenvalue weighted by Gasteiger charge is -2.48. The molecule has 0 aliphatic heterocycles. The van der Waals surface area contributed by atoms with Crippen LogP contribution in [-0.4, -0.2) is 58.9 Å². The van der Waals surface area contributed by atoms with Gasteiger partial charge in [-0.1, -0.05) is 74.5 Å². The van der Waals surface area contributed by atoms with Crippen molar-refractivity contribution >= 4 is 23.8 Å². The Morgan fingerprint density at radius 3 is 1.27 bits per heavy atom. The number of aliphatic carboxylic acids is 1. The standard InChI is InChI=1S/C41H44N2O8/c1-4-24-42(26-28-16-20-32(21-17-28)50-30-12-8-6-9-13-30)38(44)34-35(37(41(48)49-3)36(34)40(46)47)39(45)43(25-5-2)27-29-18-22-33(23-19-29)51-31-14-10-7-11-15-31/h6-23,34-37H,4-5,24-27H2,1-3H3,(H,46,47)/t34-,35-,36-,37+/m1/s1. The summed E-state index contributed by atoms with van der Waals surface area (Å²) < 4.78 is 16.8. The van der Waals surface area contributed by atoms with E-state index in [1.54, 1.807) is 9.80 Å². The Bertz CT molecular complexity index is 1760. The number of benzene rings is 4. The van der Waals surface area contributed by atoms with Crippen LogP contribution in [0.2, 0.25) is 0 Å². The second-order valence-corrected chi connectivity index (χ2v) is 12.6. The second kappa shape index (κ2) is 17.3. The first-order valence-corrected chi connectivity index (χ1v) is 17.3. The van der Waals surface area contributed by atoms with E-state index in [1.807, 2.05) is 123 Å². The number of methoxy groups -OCH3 is 1. The zero-order chi connectivity index (χ0) is 36.3. The Labute approximate surface area is 298 Å². The van der Waals surface area contributed by atoms with E-state index in [-0.39, 0.29) is 13.1 Å². The minimum atomic E-state index is -1.40. The quantitative estimate of drug-likeness (QED) is 0.123. The van der Waals surface area contributed by atoms with Gasteiger partial charge in [0, 0.05) is 26.2 Å². The molecule has 10 heteroatoms. The van der Waals surface area contributed by atoms with Crippen LogP contribution in [0.5, 0.6) is 23.0 Å². The number of carbonyl (C=O) groups excluding carboxylic acids is 3. The molecular weight excluding hydrogens is 648 g/mol. The molecule has 4 aromatic rings. The fourth-order valence-electron chi connectivity index (χ4n) is 6.61. The molecule has 10 nitrogen and oxygen atoms in total. The zero-order valence-corrected chi connectivity index (χ0v) is 29.1. The topological polar surface area (TPSA) is 123 Å². The second-order valence-electron chi connectivity index (χ2n) is 12.6. The summed E-state index contributed by atoms with van der Waals surface area (Å²) in [5.41, 5.74) is 1.62. The minimum absolute atomic E-state index is 0.195. The van der Waals surface area contributed by atoms with Crippen molar-refractivity contribution in [2.45, 2.75) is 39.8 Å². The van der Waals surface area contributed by atoms with Crippen LogP contribution >= 0.6 is 0 Å². The highest BCUT2D eigenvalue weighted by molar-refractivity contribution is 6.00. The Balaban J connectivity index is 1.36. The molecule has 5 rings (SSSR count). The van der Waals surface area contributed by atoms with Gasteiger partial charge in [0.2, 0.25) is 11.8 Å². The molecular formula is C41H44N2O8. The molecule has 0 heterocycles. The number of hydrogen-bond donors (Lipinski definition) is 1. The third kappa shape index (κ3) is 8.94. The van der Waals surface area contributed by atoms with E-state index in [1.165, 1.54) is 0 Å².